The van der Waals surface area contributed by atoms with Crippen LogP contribution < -0.4 is 0 Å². The number of benzene rings is 3. The van der Waals surface area contributed by atoms with E-state index >= 15 is 0 Å². The van der Waals surface area contributed by atoms with Crippen LogP contribution in [0.5, 0.6) is 0 Å². The molecule has 1 amide bonds. The van der Waals surface area contributed by atoms with Crippen LogP contribution in [0, 0.1) is 0 Å². The Bertz CT molecular complexity index is 1140. The van der Waals surface area contributed by atoms with Crippen molar-refractivity contribution in [2.45, 2.75) is 6.04 Å². The summed E-state index contributed by atoms with van der Waals surface area (Å²) < 4.78 is 1.06. The number of rotatable bonds is 4. The first-order valence-corrected chi connectivity index (χ1v) is 11.7. The second-order valence-electron chi connectivity index (χ2n) is 7.79. The van der Waals surface area contributed by atoms with E-state index in [0.29, 0.717) is 23.0 Å². The first-order chi connectivity index (χ1) is 15.2. The largest absolute Gasteiger partial charge is 0.335 e. The fourth-order valence-electron chi connectivity index (χ4n) is 4.36. The summed E-state index contributed by atoms with van der Waals surface area (Å²) in [6, 6.07) is 29.3. The van der Waals surface area contributed by atoms with Crippen LogP contribution in [0.25, 0.3) is 10.1 Å². The number of halogens is 1. The smallest absolute Gasteiger partial charge is 0.265 e. The van der Waals surface area contributed by atoms with Gasteiger partial charge in [-0.05, 0) is 17.2 Å². The van der Waals surface area contributed by atoms with Gasteiger partial charge < -0.3 is 4.90 Å². The van der Waals surface area contributed by atoms with E-state index in [1.807, 2.05) is 29.2 Å². The van der Waals surface area contributed by atoms with Gasteiger partial charge in [0.2, 0.25) is 0 Å². The molecule has 0 aliphatic carbocycles. The van der Waals surface area contributed by atoms with Gasteiger partial charge in [-0.3, -0.25) is 9.69 Å². The zero-order chi connectivity index (χ0) is 21.2. The summed E-state index contributed by atoms with van der Waals surface area (Å²) >= 11 is 8.05. The van der Waals surface area contributed by atoms with Gasteiger partial charge in [0.05, 0.1) is 11.1 Å². The monoisotopic (exact) mass is 446 g/mol. The van der Waals surface area contributed by atoms with Crippen LogP contribution in [0.4, 0.5) is 0 Å². The Kier molecular flexibility index (Phi) is 5.77. The van der Waals surface area contributed by atoms with Crippen LogP contribution in [0.15, 0.2) is 84.9 Å². The maximum Gasteiger partial charge on any atom is 0.265 e. The predicted octanol–water partition coefficient (Wildman–Crippen LogP) is 6.10. The van der Waals surface area contributed by atoms with Crippen molar-refractivity contribution in [2.75, 3.05) is 26.2 Å². The van der Waals surface area contributed by atoms with Crippen LogP contribution in [0.2, 0.25) is 5.02 Å². The Morgan fingerprint density at radius 3 is 1.90 bits per heavy atom. The molecular formula is C26H23ClN2OS. The Balaban J connectivity index is 1.36. The number of carbonyl (C=O) groups is 1. The summed E-state index contributed by atoms with van der Waals surface area (Å²) in [7, 11) is 0. The third-order valence-electron chi connectivity index (χ3n) is 5.93. The molecule has 0 saturated carbocycles. The summed E-state index contributed by atoms with van der Waals surface area (Å²) in [4.78, 5) is 18.3. The maximum absolute atomic E-state index is 13.2. The second-order valence-corrected chi connectivity index (χ2v) is 9.22. The van der Waals surface area contributed by atoms with E-state index in [-0.39, 0.29) is 11.9 Å². The van der Waals surface area contributed by atoms with Crippen LogP contribution >= 0.6 is 22.9 Å². The number of hydrogen-bond acceptors (Lipinski definition) is 3. The molecule has 3 nitrogen and oxygen atoms in total. The Labute approximate surface area is 191 Å². The van der Waals surface area contributed by atoms with Gasteiger partial charge >= 0.3 is 0 Å². The zero-order valence-corrected chi connectivity index (χ0v) is 18.6. The summed E-state index contributed by atoms with van der Waals surface area (Å²) in [5, 5.41) is 1.55. The van der Waals surface area contributed by atoms with E-state index < -0.39 is 0 Å². The fraction of sp³-hybridized carbons (Fsp3) is 0.192. The molecule has 0 unspecified atom stereocenters. The average molecular weight is 447 g/mol. The zero-order valence-electron chi connectivity index (χ0n) is 17.1. The minimum absolute atomic E-state index is 0.0434. The van der Waals surface area contributed by atoms with Crippen molar-refractivity contribution in [1.29, 1.82) is 0 Å². The highest BCUT2D eigenvalue weighted by atomic mass is 35.5. The van der Waals surface area contributed by atoms with Gasteiger partial charge in [-0.2, -0.15) is 0 Å². The summed E-state index contributed by atoms with van der Waals surface area (Å²) in [6.45, 7) is 3.03. The fourth-order valence-corrected chi connectivity index (χ4v) is 5.84. The molecule has 0 radical (unpaired) electrons. The topological polar surface area (TPSA) is 23.6 Å². The van der Waals surface area contributed by atoms with Crippen molar-refractivity contribution in [3.63, 3.8) is 0 Å². The second kappa shape index (κ2) is 8.83. The molecule has 0 spiro atoms. The van der Waals surface area contributed by atoms with Crippen molar-refractivity contribution in [3.8, 4) is 0 Å². The first-order valence-electron chi connectivity index (χ1n) is 10.5. The van der Waals surface area contributed by atoms with Gasteiger partial charge in [0, 0.05) is 36.3 Å². The van der Waals surface area contributed by atoms with Crippen LogP contribution in [0.1, 0.15) is 26.8 Å². The standard InChI is InChI=1S/C26H23ClN2OS/c27-23-21-13-7-8-14-22(21)31-25(23)26(30)29-17-15-28(16-18-29)24(19-9-3-1-4-10-19)20-11-5-2-6-12-20/h1-14,24H,15-18H2. The number of carbonyl (C=O) groups excluding carboxylic acids is 1. The summed E-state index contributed by atoms with van der Waals surface area (Å²) in [5.74, 6) is 0.0434. The Morgan fingerprint density at radius 1 is 0.774 bits per heavy atom. The van der Waals surface area contributed by atoms with E-state index in [9.17, 15) is 4.79 Å². The predicted molar refractivity (Wildman–Crippen MR) is 129 cm³/mol. The third-order valence-corrected chi connectivity index (χ3v) is 7.59. The molecule has 4 aromatic rings. The highest BCUT2D eigenvalue weighted by Crippen LogP contribution is 2.36. The first kappa shape index (κ1) is 20.3. The molecule has 31 heavy (non-hydrogen) atoms. The molecule has 1 fully saturated rings. The lowest BCUT2D eigenvalue weighted by Crippen LogP contribution is -2.49. The SMILES string of the molecule is O=C(c1sc2ccccc2c1Cl)N1CCN(C(c2ccccc2)c2ccccc2)CC1. The number of amides is 1. The van der Waals surface area contributed by atoms with Crippen molar-refractivity contribution in [1.82, 2.24) is 9.80 Å². The van der Waals surface area contributed by atoms with Crippen molar-refractivity contribution >= 4 is 38.9 Å². The number of hydrogen-bond donors (Lipinski definition) is 0. The molecule has 0 bridgehead atoms. The number of fused-ring (bicyclic) bond motifs is 1. The molecule has 3 aromatic carbocycles. The third kappa shape index (κ3) is 3.99. The van der Waals surface area contributed by atoms with Crippen LogP contribution in [-0.4, -0.2) is 41.9 Å². The molecule has 1 aliphatic heterocycles. The molecule has 5 heteroatoms. The van der Waals surface area contributed by atoms with Crippen LogP contribution in [0.3, 0.4) is 0 Å². The quantitative estimate of drug-likeness (QED) is 0.378. The molecule has 1 saturated heterocycles. The van der Waals surface area contributed by atoms with Crippen molar-refractivity contribution in [2.24, 2.45) is 0 Å². The molecular weight excluding hydrogens is 424 g/mol. The van der Waals surface area contributed by atoms with Crippen molar-refractivity contribution < 1.29 is 4.79 Å². The maximum atomic E-state index is 13.2. The van der Waals surface area contributed by atoms with Gasteiger partial charge in [0.1, 0.15) is 4.88 Å². The van der Waals surface area contributed by atoms with Gasteiger partial charge in [0.15, 0.2) is 0 Å². The normalized spacial score (nSPS) is 15.0. The van der Waals surface area contributed by atoms with Crippen molar-refractivity contribution in [3.05, 3.63) is 106 Å². The number of nitrogens with zero attached hydrogens (tertiary/aromatic N) is 2. The minimum atomic E-state index is 0.0434. The lowest BCUT2D eigenvalue weighted by atomic mass is 9.96. The lowest BCUT2D eigenvalue weighted by Gasteiger charge is -2.39. The number of piperazine rings is 1. The van der Waals surface area contributed by atoms with E-state index in [1.54, 1.807) is 0 Å². The van der Waals surface area contributed by atoms with Gasteiger partial charge in [-0.25, -0.2) is 0 Å². The summed E-state index contributed by atoms with van der Waals surface area (Å²) in [5.41, 5.74) is 2.56. The Morgan fingerprint density at radius 2 is 1.32 bits per heavy atom. The highest BCUT2D eigenvalue weighted by molar-refractivity contribution is 7.21. The summed E-state index contributed by atoms with van der Waals surface area (Å²) in [6.07, 6.45) is 0. The lowest BCUT2D eigenvalue weighted by molar-refractivity contribution is 0.0602. The van der Waals surface area contributed by atoms with Crippen LogP contribution in [-0.2, 0) is 0 Å². The molecule has 156 valence electrons. The number of thiophene rings is 1. The van der Waals surface area contributed by atoms with Gasteiger partial charge in [-0.1, -0.05) is 90.5 Å². The Hall–Kier alpha value is -2.66. The van der Waals surface area contributed by atoms with E-state index in [4.69, 9.17) is 11.6 Å². The van der Waals surface area contributed by atoms with E-state index in [2.05, 4.69) is 65.6 Å². The molecule has 2 heterocycles. The van der Waals surface area contributed by atoms with E-state index in [0.717, 1.165) is 23.2 Å². The molecule has 1 aliphatic rings. The average Bonchev–Trinajstić information content (AvgIpc) is 3.17. The van der Waals surface area contributed by atoms with Gasteiger partial charge in [0.25, 0.3) is 5.91 Å². The van der Waals surface area contributed by atoms with E-state index in [1.165, 1.54) is 22.5 Å². The molecule has 0 N–H and O–H groups in total. The molecule has 0 atom stereocenters. The molecule has 1 aromatic heterocycles. The molecule has 5 rings (SSSR count). The van der Waals surface area contributed by atoms with Gasteiger partial charge in [-0.15, -0.1) is 11.3 Å². The minimum Gasteiger partial charge on any atom is -0.335 e. The highest BCUT2D eigenvalue weighted by Gasteiger charge is 2.30.